The van der Waals surface area contributed by atoms with Crippen molar-refractivity contribution < 1.29 is 19.7 Å². The molecule has 8 atom stereocenters. The van der Waals surface area contributed by atoms with E-state index in [-0.39, 0.29) is 12.2 Å². The number of hydrogen-bond donors (Lipinski definition) is 2. The van der Waals surface area contributed by atoms with Crippen LogP contribution in [0.25, 0.3) is 0 Å². The Kier molecular flexibility index (Phi) is 9.43. The van der Waals surface area contributed by atoms with Gasteiger partial charge < -0.3 is 14.9 Å². The first-order valence-electron chi connectivity index (χ1n) is 14.7. The Hall–Kier alpha value is -1.03. The summed E-state index contributed by atoms with van der Waals surface area (Å²) in [4.78, 5) is 9.59. The molecule has 4 aliphatic rings. The lowest BCUT2D eigenvalue weighted by Crippen LogP contribution is -2.50. The third-order valence-electron chi connectivity index (χ3n) is 10.6. The maximum atomic E-state index is 10.2. The number of carboxylic acid groups (broad SMARTS) is 1. The van der Waals surface area contributed by atoms with Gasteiger partial charge >= 0.3 is 6.16 Å². The summed E-state index contributed by atoms with van der Waals surface area (Å²) in [6.07, 6.45) is 15.7. The largest absolute Gasteiger partial charge is 0.506 e. The van der Waals surface area contributed by atoms with Crippen molar-refractivity contribution >= 4 is 6.16 Å². The molecule has 4 rings (SSSR count). The molecular weight excluding hydrogens is 436 g/mol. The second-order valence-corrected chi connectivity index (χ2v) is 13.6. The molecular formula is C31H54O4. The number of ether oxygens (including phenoxy) is 1. The van der Waals surface area contributed by atoms with Gasteiger partial charge in [-0.15, -0.1) is 0 Å². The van der Waals surface area contributed by atoms with E-state index in [1.54, 1.807) is 19.4 Å². The fraction of sp³-hybridized carbons (Fsp3) is 0.903. The molecule has 0 radical (unpaired) electrons. The molecule has 202 valence electrons. The number of aliphatic hydroxyl groups is 1. The minimum Gasteiger partial charge on any atom is -0.450 e. The number of hydrogen-bond acceptors (Lipinski definition) is 3. The van der Waals surface area contributed by atoms with E-state index >= 15 is 0 Å². The molecule has 0 heterocycles. The first-order valence-corrected chi connectivity index (χ1v) is 14.7. The third-order valence-corrected chi connectivity index (χ3v) is 10.6. The highest BCUT2D eigenvalue weighted by Crippen LogP contribution is 2.67. The Morgan fingerprint density at radius 1 is 1.03 bits per heavy atom. The summed E-state index contributed by atoms with van der Waals surface area (Å²) in [5, 5.41) is 18.1. The van der Waals surface area contributed by atoms with Crippen molar-refractivity contribution in [2.75, 3.05) is 0 Å². The van der Waals surface area contributed by atoms with Crippen molar-refractivity contribution in [3.8, 4) is 0 Å². The van der Waals surface area contributed by atoms with Crippen LogP contribution in [0.4, 0.5) is 4.79 Å². The normalized spacial score (nSPS) is 39.0. The van der Waals surface area contributed by atoms with Crippen molar-refractivity contribution in [1.29, 1.82) is 0 Å². The lowest BCUT2D eigenvalue weighted by Gasteiger charge is -2.58. The molecule has 0 unspecified atom stereocenters. The molecule has 0 amide bonds. The molecule has 0 aliphatic heterocycles. The minimum atomic E-state index is -1.21. The van der Waals surface area contributed by atoms with E-state index in [2.05, 4.69) is 45.4 Å². The molecule has 0 spiro atoms. The molecule has 4 aliphatic carbocycles. The average Bonchev–Trinajstić information content (AvgIpc) is 3.10. The molecule has 2 N–H and O–H groups in total. The topological polar surface area (TPSA) is 66.8 Å². The van der Waals surface area contributed by atoms with Gasteiger partial charge in [0.1, 0.15) is 0 Å². The van der Waals surface area contributed by atoms with E-state index in [1.807, 2.05) is 0 Å². The average molecular weight is 491 g/mol. The molecule has 4 heteroatoms. The van der Waals surface area contributed by atoms with Gasteiger partial charge in [-0.3, -0.25) is 0 Å². The number of carbonyl (C=O) groups is 1. The van der Waals surface area contributed by atoms with Gasteiger partial charge in [-0.1, -0.05) is 65.5 Å². The van der Waals surface area contributed by atoms with Crippen LogP contribution >= 0.6 is 0 Å². The van der Waals surface area contributed by atoms with Crippen LogP contribution < -0.4 is 0 Å². The van der Waals surface area contributed by atoms with Crippen LogP contribution in [-0.4, -0.2) is 28.6 Å². The highest BCUT2D eigenvalue weighted by atomic mass is 16.7. The lowest BCUT2D eigenvalue weighted by molar-refractivity contribution is -0.0573. The molecule has 35 heavy (non-hydrogen) atoms. The highest BCUT2D eigenvalue weighted by Gasteiger charge is 2.59. The summed E-state index contributed by atoms with van der Waals surface area (Å²) in [5.74, 6) is 5.46. The number of aliphatic hydroxyl groups excluding tert-OH is 1. The van der Waals surface area contributed by atoms with Gasteiger partial charge in [0.25, 0.3) is 0 Å². The van der Waals surface area contributed by atoms with E-state index in [0.29, 0.717) is 10.8 Å². The first-order chi connectivity index (χ1) is 16.4. The number of fused-ring (bicyclic) bond motifs is 5. The fourth-order valence-corrected chi connectivity index (χ4v) is 8.87. The molecule has 0 aromatic rings. The molecule has 0 saturated heterocycles. The predicted molar refractivity (Wildman–Crippen MR) is 143 cm³/mol. The van der Waals surface area contributed by atoms with Crippen LogP contribution in [0.2, 0.25) is 0 Å². The minimum absolute atomic E-state index is 0.0766. The molecule has 0 aromatic carbocycles. The van der Waals surface area contributed by atoms with Crippen LogP contribution in [0.3, 0.4) is 0 Å². The first kappa shape index (κ1) is 28.5. The van der Waals surface area contributed by atoms with Crippen molar-refractivity contribution in [3.63, 3.8) is 0 Å². The van der Waals surface area contributed by atoms with Crippen molar-refractivity contribution in [2.24, 2.45) is 46.3 Å². The summed E-state index contributed by atoms with van der Waals surface area (Å²) in [7, 11) is 0. The van der Waals surface area contributed by atoms with Gasteiger partial charge in [0.2, 0.25) is 0 Å². The molecule has 3 fully saturated rings. The van der Waals surface area contributed by atoms with Crippen molar-refractivity contribution in [2.45, 2.75) is 131 Å². The fourth-order valence-electron chi connectivity index (χ4n) is 8.87. The molecule has 0 bridgehead atoms. The van der Waals surface area contributed by atoms with E-state index in [4.69, 9.17) is 5.11 Å². The van der Waals surface area contributed by atoms with Gasteiger partial charge in [-0.25, -0.2) is 4.79 Å². The summed E-state index contributed by atoms with van der Waals surface area (Å²) in [6, 6.07) is 0. The molecule has 4 nitrogen and oxygen atoms in total. The Morgan fingerprint density at radius 3 is 2.34 bits per heavy atom. The molecule has 3 saturated carbocycles. The van der Waals surface area contributed by atoms with Gasteiger partial charge in [0.05, 0.1) is 12.2 Å². The molecule has 0 aromatic heterocycles. The van der Waals surface area contributed by atoms with Gasteiger partial charge in [-0.05, 0) is 112 Å². The maximum Gasteiger partial charge on any atom is 0.506 e. The standard InChI is InChI=1S/C27H46O.C4H8O3/c1-18(2)7-6-8-19(3)23-11-12-24-22-10-9-20-17-21(28)13-15-26(20,4)25(22)14-16-27(23,24)5;1-3(2)7-4(5)6/h9,18-19,21-25,28H,6-8,10-17H2,1-5H3;3H,1-2H3,(H,5,6)/t19-,21+,22+,23-,24+,25+,26+,27-;/m1./s1. The summed E-state index contributed by atoms with van der Waals surface area (Å²) >= 11 is 0. The predicted octanol–water partition coefficient (Wildman–Crippen LogP) is 8.48. The number of rotatable bonds is 6. The highest BCUT2D eigenvalue weighted by molar-refractivity contribution is 5.56. The van der Waals surface area contributed by atoms with E-state index in [0.717, 1.165) is 48.3 Å². The summed E-state index contributed by atoms with van der Waals surface area (Å²) in [5.41, 5.74) is 2.60. The van der Waals surface area contributed by atoms with Gasteiger partial charge in [-0.2, -0.15) is 0 Å². The van der Waals surface area contributed by atoms with Crippen LogP contribution in [0.1, 0.15) is 119 Å². The van der Waals surface area contributed by atoms with Gasteiger partial charge in [0.15, 0.2) is 0 Å². The van der Waals surface area contributed by atoms with E-state index in [9.17, 15) is 9.90 Å². The van der Waals surface area contributed by atoms with Gasteiger partial charge in [0, 0.05) is 0 Å². The maximum absolute atomic E-state index is 10.2. The summed E-state index contributed by atoms with van der Waals surface area (Å²) in [6.45, 7) is 15.9. The van der Waals surface area contributed by atoms with Crippen LogP contribution in [0.5, 0.6) is 0 Å². The monoisotopic (exact) mass is 490 g/mol. The smallest absolute Gasteiger partial charge is 0.450 e. The Morgan fingerprint density at radius 2 is 1.74 bits per heavy atom. The van der Waals surface area contributed by atoms with E-state index < -0.39 is 6.16 Å². The Bertz CT molecular complexity index is 742. The van der Waals surface area contributed by atoms with Crippen LogP contribution in [0.15, 0.2) is 11.6 Å². The number of allylic oxidation sites excluding steroid dienone is 1. The second kappa shape index (κ2) is 11.6. The lowest BCUT2D eigenvalue weighted by atomic mass is 9.47. The Balaban J connectivity index is 0.000000429. The van der Waals surface area contributed by atoms with Crippen molar-refractivity contribution in [1.82, 2.24) is 0 Å². The van der Waals surface area contributed by atoms with E-state index in [1.165, 1.54) is 57.8 Å². The SMILES string of the molecule is CC(C)CCC[C@@H](C)[C@H]1CC[C@H]2[C@@H]3CC=C4C[C@@H](O)CC[C@]4(C)[C@H]3CC[C@]12C.CC(C)OC(=O)O. The van der Waals surface area contributed by atoms with Crippen LogP contribution in [0, 0.1) is 46.3 Å². The third kappa shape index (κ3) is 6.28. The van der Waals surface area contributed by atoms with Crippen molar-refractivity contribution in [3.05, 3.63) is 11.6 Å². The zero-order valence-electron chi connectivity index (χ0n) is 23.7. The quantitative estimate of drug-likeness (QED) is 0.289. The Labute approximate surface area is 215 Å². The van der Waals surface area contributed by atoms with Crippen LogP contribution in [-0.2, 0) is 4.74 Å². The zero-order chi connectivity index (χ0) is 26.0. The second-order valence-electron chi connectivity index (χ2n) is 13.6. The summed E-state index contributed by atoms with van der Waals surface area (Å²) < 4.78 is 4.17. The zero-order valence-corrected chi connectivity index (χ0v) is 23.7.